The Hall–Kier alpha value is -1.75. The van der Waals surface area contributed by atoms with Crippen LogP contribution in [0.1, 0.15) is 32.1 Å². The van der Waals surface area contributed by atoms with Crippen LogP contribution >= 0.6 is 0 Å². The van der Waals surface area contributed by atoms with E-state index in [2.05, 4.69) is 14.7 Å². The number of aromatic hydroxyl groups is 1. The van der Waals surface area contributed by atoms with Gasteiger partial charge < -0.3 is 14.9 Å². The normalized spacial score (nSPS) is 27.2. The molecule has 26 heavy (non-hydrogen) atoms. The molecule has 4 rings (SSSR count). The van der Waals surface area contributed by atoms with E-state index in [4.69, 9.17) is 0 Å². The average molecular weight is 357 g/mol. The van der Waals surface area contributed by atoms with Gasteiger partial charge in [0.05, 0.1) is 12.2 Å². The van der Waals surface area contributed by atoms with Crippen LogP contribution in [0.15, 0.2) is 24.3 Å². The number of phenolic OH excluding ortho intramolecular Hbond substituents is 1. The number of rotatable bonds is 3. The number of benzene rings is 1. The molecule has 0 unspecified atom stereocenters. The average Bonchev–Trinajstić information content (AvgIpc) is 2.69. The molecule has 1 amide bonds. The predicted octanol–water partition coefficient (Wildman–Crippen LogP) is 2.55. The van der Waals surface area contributed by atoms with Crippen molar-refractivity contribution in [3.05, 3.63) is 24.3 Å². The fraction of sp³-hybridized carbons (Fsp3) is 0.667. The Kier molecular flexibility index (Phi) is 5.34. The molecule has 3 fully saturated rings. The molecule has 1 N–H and O–H groups in total. The number of fused-ring (bicyclic) bond motifs is 1. The molecular formula is C21H31N3O2. The number of anilines is 1. The second-order valence-corrected chi connectivity index (χ2v) is 8.18. The van der Waals surface area contributed by atoms with E-state index >= 15 is 0 Å². The summed E-state index contributed by atoms with van der Waals surface area (Å²) in [6.07, 6.45) is 6.62. The van der Waals surface area contributed by atoms with Crippen molar-refractivity contribution in [1.29, 1.82) is 0 Å². The number of likely N-dealkylation sites (tertiary alicyclic amines) is 1. The Balaban J connectivity index is 1.26. The molecule has 0 radical (unpaired) electrons. The Labute approximate surface area is 156 Å². The highest BCUT2D eigenvalue weighted by molar-refractivity contribution is 5.78. The van der Waals surface area contributed by atoms with Gasteiger partial charge in [-0.1, -0.05) is 31.4 Å². The lowest BCUT2D eigenvalue weighted by Crippen LogP contribution is -2.52. The van der Waals surface area contributed by atoms with Gasteiger partial charge in [0.1, 0.15) is 5.75 Å². The predicted molar refractivity (Wildman–Crippen MR) is 103 cm³/mol. The monoisotopic (exact) mass is 357 g/mol. The SMILES string of the molecule is O=C(CN1CCN(c2ccccc2O)CC1)N1CC[C@@H]2CCCC[C@@H]2C1. The largest absolute Gasteiger partial charge is 0.506 e. The van der Waals surface area contributed by atoms with Crippen molar-refractivity contribution in [2.75, 3.05) is 50.7 Å². The highest BCUT2D eigenvalue weighted by atomic mass is 16.3. The third-order valence-electron chi connectivity index (χ3n) is 6.60. The third-order valence-corrected chi connectivity index (χ3v) is 6.60. The quantitative estimate of drug-likeness (QED) is 0.903. The molecule has 142 valence electrons. The topological polar surface area (TPSA) is 47.0 Å². The first-order valence-corrected chi connectivity index (χ1v) is 10.2. The molecule has 2 aliphatic heterocycles. The van der Waals surface area contributed by atoms with E-state index in [0.29, 0.717) is 18.2 Å². The Morgan fingerprint density at radius 3 is 2.46 bits per heavy atom. The Bertz CT molecular complexity index is 627. The minimum absolute atomic E-state index is 0.310. The number of piperazine rings is 1. The van der Waals surface area contributed by atoms with Crippen molar-refractivity contribution in [2.24, 2.45) is 11.8 Å². The summed E-state index contributed by atoms with van der Waals surface area (Å²) in [5.41, 5.74) is 0.901. The molecule has 0 spiro atoms. The summed E-state index contributed by atoms with van der Waals surface area (Å²) in [7, 11) is 0. The van der Waals surface area contributed by atoms with E-state index in [-0.39, 0.29) is 0 Å². The van der Waals surface area contributed by atoms with Crippen LogP contribution in [-0.4, -0.2) is 66.6 Å². The van der Waals surface area contributed by atoms with Gasteiger partial charge in [0.2, 0.25) is 5.91 Å². The maximum Gasteiger partial charge on any atom is 0.236 e. The molecule has 2 heterocycles. The lowest BCUT2D eigenvalue weighted by Gasteiger charge is -2.42. The zero-order valence-corrected chi connectivity index (χ0v) is 15.6. The van der Waals surface area contributed by atoms with Gasteiger partial charge in [-0.3, -0.25) is 9.69 Å². The van der Waals surface area contributed by atoms with Crippen molar-refractivity contribution in [3.8, 4) is 5.75 Å². The van der Waals surface area contributed by atoms with Gasteiger partial charge in [0.25, 0.3) is 0 Å². The molecule has 2 saturated heterocycles. The fourth-order valence-electron chi connectivity index (χ4n) is 5.00. The van der Waals surface area contributed by atoms with Crippen LogP contribution in [0.25, 0.3) is 0 Å². The van der Waals surface area contributed by atoms with Gasteiger partial charge in [-0.2, -0.15) is 0 Å². The first-order valence-electron chi connectivity index (χ1n) is 10.2. The van der Waals surface area contributed by atoms with Gasteiger partial charge >= 0.3 is 0 Å². The molecule has 1 saturated carbocycles. The molecule has 3 aliphatic rings. The highest BCUT2D eigenvalue weighted by Gasteiger charge is 2.33. The molecule has 5 heteroatoms. The first-order chi connectivity index (χ1) is 12.7. The molecule has 1 aromatic carbocycles. The second-order valence-electron chi connectivity index (χ2n) is 8.18. The molecule has 1 aliphatic carbocycles. The number of nitrogens with zero attached hydrogens (tertiary/aromatic N) is 3. The number of para-hydroxylation sites is 2. The number of amides is 1. The summed E-state index contributed by atoms with van der Waals surface area (Å²) in [5, 5.41) is 10.0. The molecule has 1 aromatic rings. The number of piperidine rings is 1. The number of hydrogen-bond acceptors (Lipinski definition) is 4. The summed E-state index contributed by atoms with van der Waals surface area (Å²) in [6, 6.07) is 7.51. The van der Waals surface area contributed by atoms with E-state index in [0.717, 1.165) is 56.8 Å². The van der Waals surface area contributed by atoms with Crippen LogP contribution in [-0.2, 0) is 4.79 Å². The minimum Gasteiger partial charge on any atom is -0.506 e. The summed E-state index contributed by atoms with van der Waals surface area (Å²) in [4.78, 5) is 19.4. The van der Waals surface area contributed by atoms with Crippen LogP contribution in [0.4, 0.5) is 5.69 Å². The summed E-state index contributed by atoms with van der Waals surface area (Å²) < 4.78 is 0. The van der Waals surface area contributed by atoms with Crippen molar-refractivity contribution >= 4 is 11.6 Å². The summed E-state index contributed by atoms with van der Waals surface area (Å²) in [6.45, 7) is 5.95. The van der Waals surface area contributed by atoms with E-state index < -0.39 is 0 Å². The highest BCUT2D eigenvalue weighted by Crippen LogP contribution is 2.36. The second kappa shape index (κ2) is 7.87. The standard InChI is InChI=1S/C21H31N3O2/c25-20-8-4-3-7-19(20)23-13-11-22(12-14-23)16-21(26)24-10-9-17-5-1-2-6-18(17)15-24/h3-4,7-8,17-18,25H,1-2,5-6,9-16H2/t17-,18+/m0/s1. The lowest BCUT2D eigenvalue weighted by molar-refractivity contribution is -0.135. The van der Waals surface area contributed by atoms with Gasteiger partial charge in [-0.05, 0) is 36.8 Å². The van der Waals surface area contributed by atoms with Gasteiger partial charge in [0.15, 0.2) is 0 Å². The third kappa shape index (κ3) is 3.83. The van der Waals surface area contributed by atoms with Crippen molar-refractivity contribution in [1.82, 2.24) is 9.80 Å². The van der Waals surface area contributed by atoms with Gasteiger partial charge in [-0.25, -0.2) is 0 Å². The molecule has 0 bridgehead atoms. The Morgan fingerprint density at radius 1 is 0.962 bits per heavy atom. The zero-order chi connectivity index (χ0) is 17.9. The minimum atomic E-state index is 0.310. The number of carbonyl (C=O) groups excluding carboxylic acids is 1. The smallest absolute Gasteiger partial charge is 0.236 e. The Morgan fingerprint density at radius 2 is 1.69 bits per heavy atom. The fourth-order valence-corrected chi connectivity index (χ4v) is 5.00. The van der Waals surface area contributed by atoms with E-state index in [9.17, 15) is 9.90 Å². The van der Waals surface area contributed by atoms with Crippen molar-refractivity contribution < 1.29 is 9.90 Å². The zero-order valence-electron chi connectivity index (χ0n) is 15.6. The number of hydrogen-bond donors (Lipinski definition) is 1. The maximum absolute atomic E-state index is 12.8. The molecule has 0 aromatic heterocycles. The first kappa shape index (κ1) is 17.7. The van der Waals surface area contributed by atoms with E-state index in [1.54, 1.807) is 6.07 Å². The number of carbonyl (C=O) groups is 1. The molecule has 2 atom stereocenters. The van der Waals surface area contributed by atoms with E-state index in [1.807, 2.05) is 18.2 Å². The molecule has 5 nitrogen and oxygen atoms in total. The summed E-state index contributed by atoms with van der Waals surface area (Å²) >= 11 is 0. The molecular weight excluding hydrogens is 326 g/mol. The maximum atomic E-state index is 12.8. The van der Waals surface area contributed by atoms with Crippen LogP contribution in [0.5, 0.6) is 5.75 Å². The number of phenols is 1. The van der Waals surface area contributed by atoms with Gasteiger partial charge in [-0.15, -0.1) is 0 Å². The lowest BCUT2D eigenvalue weighted by atomic mass is 9.75. The van der Waals surface area contributed by atoms with Crippen LogP contribution in [0.2, 0.25) is 0 Å². The van der Waals surface area contributed by atoms with Crippen LogP contribution < -0.4 is 4.90 Å². The van der Waals surface area contributed by atoms with Gasteiger partial charge in [0, 0.05) is 39.3 Å². The van der Waals surface area contributed by atoms with Crippen molar-refractivity contribution in [3.63, 3.8) is 0 Å². The summed E-state index contributed by atoms with van der Waals surface area (Å²) in [5.74, 6) is 2.27. The van der Waals surface area contributed by atoms with Crippen LogP contribution in [0, 0.1) is 11.8 Å². The van der Waals surface area contributed by atoms with Crippen molar-refractivity contribution in [2.45, 2.75) is 32.1 Å². The van der Waals surface area contributed by atoms with Crippen LogP contribution in [0.3, 0.4) is 0 Å². The van der Waals surface area contributed by atoms with E-state index in [1.165, 1.54) is 32.1 Å².